The van der Waals surface area contributed by atoms with Crippen molar-refractivity contribution in [3.8, 4) is 0 Å². The van der Waals surface area contributed by atoms with Crippen LogP contribution in [0.25, 0.3) is 0 Å². The second-order valence-corrected chi connectivity index (χ2v) is 9.12. The molecule has 2 aromatic heterocycles. The van der Waals surface area contributed by atoms with E-state index in [1.165, 1.54) is 18.4 Å². The lowest BCUT2D eigenvalue weighted by atomic mass is 9.95. The summed E-state index contributed by atoms with van der Waals surface area (Å²) in [5, 5.41) is 9.76. The van der Waals surface area contributed by atoms with E-state index < -0.39 is 23.9 Å². The van der Waals surface area contributed by atoms with Crippen molar-refractivity contribution in [2.75, 3.05) is 11.1 Å². The van der Waals surface area contributed by atoms with Crippen LogP contribution < -0.4 is 5.32 Å². The summed E-state index contributed by atoms with van der Waals surface area (Å²) in [7, 11) is 1.19. The molecule has 2 heterocycles. The number of thioether (sulfide) groups is 1. The maximum atomic E-state index is 12.8. The van der Waals surface area contributed by atoms with E-state index >= 15 is 0 Å². The van der Waals surface area contributed by atoms with Gasteiger partial charge in [-0.2, -0.15) is 13.2 Å². The van der Waals surface area contributed by atoms with Gasteiger partial charge in [0.25, 0.3) is 0 Å². The molecule has 1 aliphatic rings. The number of hydrogen-bond donors (Lipinski definition) is 1. The molecule has 1 N–H and O–H groups in total. The molecule has 12 heteroatoms. The molecule has 164 valence electrons. The van der Waals surface area contributed by atoms with Crippen LogP contribution in [-0.2, 0) is 35.6 Å². The number of rotatable bonds is 6. The first-order valence-electron chi connectivity index (χ1n) is 9.32. The molecule has 3 rings (SSSR count). The minimum atomic E-state index is -4.62. The molecule has 1 aliphatic carbocycles. The first-order valence-corrected chi connectivity index (χ1v) is 11.1. The number of aryl methyl sites for hydroxylation is 1. The zero-order chi connectivity index (χ0) is 22.1. The van der Waals surface area contributed by atoms with Gasteiger partial charge >= 0.3 is 12.1 Å². The first kappa shape index (κ1) is 22.6. The fourth-order valence-corrected chi connectivity index (χ4v) is 5.13. The molecule has 0 radical (unpaired) electrons. The SMILES string of the molecule is CC(C)OC(=O)c1c(NC(=O)CSc2nnc(C(F)(F)F)n2C)sc2c1CCCC2. The fourth-order valence-electron chi connectivity index (χ4n) is 3.12. The summed E-state index contributed by atoms with van der Waals surface area (Å²) in [4.78, 5) is 26.1. The minimum absolute atomic E-state index is 0.0256. The Labute approximate surface area is 179 Å². The molecular formula is C18H21F3N4O3S2. The predicted molar refractivity (Wildman–Crippen MR) is 107 cm³/mol. The van der Waals surface area contributed by atoms with Gasteiger partial charge in [-0.1, -0.05) is 11.8 Å². The molecule has 0 aliphatic heterocycles. The van der Waals surface area contributed by atoms with E-state index in [1.54, 1.807) is 13.8 Å². The van der Waals surface area contributed by atoms with Crippen molar-refractivity contribution < 1.29 is 27.5 Å². The van der Waals surface area contributed by atoms with Crippen LogP contribution >= 0.6 is 23.1 Å². The van der Waals surface area contributed by atoms with Crippen LogP contribution in [0.4, 0.5) is 18.2 Å². The van der Waals surface area contributed by atoms with Gasteiger partial charge in [0, 0.05) is 11.9 Å². The summed E-state index contributed by atoms with van der Waals surface area (Å²) < 4.78 is 44.6. The zero-order valence-electron chi connectivity index (χ0n) is 16.6. The number of hydrogen-bond acceptors (Lipinski definition) is 7. The molecule has 0 saturated heterocycles. The van der Waals surface area contributed by atoms with Crippen molar-refractivity contribution in [2.24, 2.45) is 7.05 Å². The normalized spacial score (nSPS) is 14.0. The quantitative estimate of drug-likeness (QED) is 0.515. The molecule has 2 aromatic rings. The standard InChI is InChI=1S/C18H21F3N4O3S2/c1-9(2)28-15(27)13-10-6-4-5-7-11(10)30-14(13)22-12(26)8-29-17-24-23-16(25(17)3)18(19,20)21/h9H,4-8H2,1-3H3,(H,22,26). The number of ether oxygens (including phenoxy) is 1. The summed E-state index contributed by atoms with van der Waals surface area (Å²) in [5.74, 6) is -2.23. The second-order valence-electron chi connectivity index (χ2n) is 7.07. The number of alkyl halides is 3. The molecule has 30 heavy (non-hydrogen) atoms. The van der Waals surface area contributed by atoms with Crippen LogP contribution in [0.15, 0.2) is 5.16 Å². The van der Waals surface area contributed by atoms with Gasteiger partial charge in [0.15, 0.2) is 5.16 Å². The highest BCUT2D eigenvalue weighted by Gasteiger charge is 2.37. The Balaban J connectivity index is 1.73. The van der Waals surface area contributed by atoms with E-state index in [4.69, 9.17) is 4.74 Å². The van der Waals surface area contributed by atoms with Gasteiger partial charge in [-0.3, -0.25) is 4.79 Å². The van der Waals surface area contributed by atoms with Crippen LogP contribution in [-0.4, -0.2) is 38.5 Å². The highest BCUT2D eigenvalue weighted by atomic mass is 32.2. The largest absolute Gasteiger partial charge is 0.459 e. The summed E-state index contributed by atoms with van der Waals surface area (Å²) in [6.07, 6.45) is -1.35. The Bertz CT molecular complexity index is 953. The third kappa shape index (κ3) is 4.97. The fraction of sp³-hybridized carbons (Fsp3) is 0.556. The van der Waals surface area contributed by atoms with Gasteiger partial charge in [0.05, 0.1) is 17.4 Å². The first-order chi connectivity index (χ1) is 14.1. The molecule has 1 amide bonds. The predicted octanol–water partition coefficient (Wildman–Crippen LogP) is 4.07. The topological polar surface area (TPSA) is 86.1 Å². The van der Waals surface area contributed by atoms with Gasteiger partial charge in [0.2, 0.25) is 11.7 Å². The van der Waals surface area contributed by atoms with Crippen LogP contribution in [0, 0.1) is 0 Å². The third-order valence-electron chi connectivity index (χ3n) is 4.39. The maximum absolute atomic E-state index is 12.8. The highest BCUT2D eigenvalue weighted by molar-refractivity contribution is 7.99. The van der Waals surface area contributed by atoms with Crippen molar-refractivity contribution in [1.29, 1.82) is 0 Å². The number of esters is 1. The molecule has 0 fully saturated rings. The van der Waals surface area contributed by atoms with Crippen molar-refractivity contribution in [3.63, 3.8) is 0 Å². The minimum Gasteiger partial charge on any atom is -0.459 e. The van der Waals surface area contributed by atoms with E-state index in [9.17, 15) is 22.8 Å². The third-order valence-corrected chi connectivity index (χ3v) is 6.62. The number of anilines is 1. The van der Waals surface area contributed by atoms with Crippen molar-refractivity contribution >= 4 is 40.0 Å². The number of thiophene rings is 1. The number of carbonyl (C=O) groups is 2. The Kier molecular flexibility index (Phi) is 6.75. The number of nitrogens with zero attached hydrogens (tertiary/aromatic N) is 3. The van der Waals surface area contributed by atoms with Crippen LogP contribution in [0.1, 0.15) is 53.3 Å². The highest BCUT2D eigenvalue weighted by Crippen LogP contribution is 2.39. The zero-order valence-corrected chi connectivity index (χ0v) is 18.3. The van der Waals surface area contributed by atoms with Crippen LogP contribution in [0.2, 0.25) is 0 Å². The number of nitrogens with one attached hydrogen (secondary N) is 1. The number of carbonyl (C=O) groups excluding carboxylic acids is 2. The molecule has 0 atom stereocenters. The van der Waals surface area contributed by atoms with Gasteiger partial charge < -0.3 is 14.6 Å². The lowest BCUT2D eigenvalue weighted by Gasteiger charge is -2.14. The van der Waals surface area contributed by atoms with Crippen LogP contribution in [0.3, 0.4) is 0 Å². The lowest BCUT2D eigenvalue weighted by Crippen LogP contribution is -2.19. The molecule has 0 unspecified atom stereocenters. The average molecular weight is 463 g/mol. The van der Waals surface area contributed by atoms with Crippen molar-refractivity contribution in [1.82, 2.24) is 14.8 Å². The Morgan fingerprint density at radius 2 is 1.97 bits per heavy atom. The van der Waals surface area contributed by atoms with Gasteiger partial charge in [0.1, 0.15) is 5.00 Å². The van der Waals surface area contributed by atoms with Gasteiger partial charge in [-0.15, -0.1) is 21.5 Å². The van der Waals surface area contributed by atoms with E-state index in [2.05, 4.69) is 15.5 Å². The van der Waals surface area contributed by atoms with E-state index in [-0.39, 0.29) is 17.0 Å². The summed E-state index contributed by atoms with van der Waals surface area (Å²) in [6, 6.07) is 0. The Morgan fingerprint density at radius 1 is 1.27 bits per heavy atom. The second kappa shape index (κ2) is 8.96. The monoisotopic (exact) mass is 462 g/mol. The van der Waals surface area contributed by atoms with Gasteiger partial charge in [-0.25, -0.2) is 4.79 Å². The van der Waals surface area contributed by atoms with Crippen molar-refractivity contribution in [2.45, 2.75) is 57.0 Å². The Hall–Kier alpha value is -2.08. The van der Waals surface area contributed by atoms with Crippen LogP contribution in [0.5, 0.6) is 0 Å². The summed E-state index contributed by atoms with van der Waals surface area (Å²) in [5.41, 5.74) is 1.31. The molecular weight excluding hydrogens is 441 g/mol. The molecule has 7 nitrogen and oxygen atoms in total. The molecule has 0 spiro atoms. The van der Waals surface area contributed by atoms with E-state index in [0.29, 0.717) is 10.6 Å². The average Bonchev–Trinajstić information content (AvgIpc) is 3.19. The lowest BCUT2D eigenvalue weighted by molar-refractivity contribution is -0.147. The van der Waals surface area contributed by atoms with Gasteiger partial charge in [-0.05, 0) is 45.1 Å². The number of aromatic nitrogens is 3. The van der Waals surface area contributed by atoms with E-state index in [0.717, 1.165) is 52.5 Å². The number of fused-ring (bicyclic) bond motifs is 1. The molecule has 0 aromatic carbocycles. The molecule has 0 saturated carbocycles. The number of halogens is 3. The van der Waals surface area contributed by atoms with Crippen molar-refractivity contribution in [3.05, 3.63) is 21.8 Å². The Morgan fingerprint density at radius 3 is 2.60 bits per heavy atom. The van der Waals surface area contributed by atoms with E-state index in [1.807, 2.05) is 0 Å². The summed E-state index contributed by atoms with van der Waals surface area (Å²) >= 11 is 2.19. The number of amides is 1. The summed E-state index contributed by atoms with van der Waals surface area (Å²) in [6.45, 7) is 3.50. The molecule has 0 bridgehead atoms. The maximum Gasteiger partial charge on any atom is 0.451 e. The smallest absolute Gasteiger partial charge is 0.451 e.